The Labute approximate surface area is 103 Å². The third-order valence-electron chi connectivity index (χ3n) is 2.70. The molecule has 0 aromatic rings. The quantitative estimate of drug-likeness (QED) is 0.525. The summed E-state index contributed by atoms with van der Waals surface area (Å²) in [6.07, 6.45) is 5.14. The van der Waals surface area contributed by atoms with Gasteiger partial charge in [0.15, 0.2) is 0 Å². The van der Waals surface area contributed by atoms with Crippen molar-refractivity contribution in [3.05, 3.63) is 35.6 Å². The summed E-state index contributed by atoms with van der Waals surface area (Å²) in [5.41, 5.74) is -1.57. The molecule has 1 heterocycles. The number of rotatable bonds is 1. The summed E-state index contributed by atoms with van der Waals surface area (Å²) >= 11 is 0. The standard InChI is InChI=1S/C12H8N2O4/c1-17-12(16)3-2-8-4-11(6-13,7-14)10(15)18-9(8)5-12/h2-5,16H,1H3. The van der Waals surface area contributed by atoms with E-state index < -0.39 is 17.2 Å². The maximum atomic E-state index is 11.6. The zero-order valence-electron chi connectivity index (χ0n) is 9.38. The molecule has 1 N–H and O–H groups in total. The first-order valence-corrected chi connectivity index (χ1v) is 4.96. The molecule has 0 bridgehead atoms. The van der Waals surface area contributed by atoms with Gasteiger partial charge in [0.25, 0.3) is 5.41 Å². The number of hydrogen-bond donors (Lipinski definition) is 1. The van der Waals surface area contributed by atoms with E-state index in [2.05, 4.69) is 0 Å². The van der Waals surface area contributed by atoms with Crippen LogP contribution in [-0.2, 0) is 14.3 Å². The van der Waals surface area contributed by atoms with Gasteiger partial charge in [-0.2, -0.15) is 10.5 Å². The summed E-state index contributed by atoms with van der Waals surface area (Å²) in [4.78, 5) is 11.6. The van der Waals surface area contributed by atoms with E-state index >= 15 is 0 Å². The van der Waals surface area contributed by atoms with Crippen molar-refractivity contribution in [2.24, 2.45) is 5.41 Å². The molecular formula is C12H8N2O4. The second kappa shape index (κ2) is 3.81. The van der Waals surface area contributed by atoms with Gasteiger partial charge >= 0.3 is 5.97 Å². The zero-order valence-corrected chi connectivity index (χ0v) is 9.38. The Bertz CT molecular complexity index is 574. The largest absolute Gasteiger partial charge is 0.424 e. The van der Waals surface area contributed by atoms with Crippen molar-refractivity contribution in [3.8, 4) is 12.1 Å². The summed E-state index contributed by atoms with van der Waals surface area (Å²) < 4.78 is 9.71. The van der Waals surface area contributed by atoms with E-state index in [4.69, 9.17) is 20.0 Å². The number of hydrogen-bond acceptors (Lipinski definition) is 6. The minimum atomic E-state index is -1.94. The molecule has 0 spiro atoms. The molecule has 0 saturated heterocycles. The average molecular weight is 244 g/mol. The van der Waals surface area contributed by atoms with Crippen molar-refractivity contribution in [1.29, 1.82) is 10.5 Å². The predicted molar refractivity (Wildman–Crippen MR) is 57.0 cm³/mol. The fourth-order valence-corrected chi connectivity index (χ4v) is 1.60. The number of ether oxygens (including phenoxy) is 2. The fourth-order valence-electron chi connectivity index (χ4n) is 1.60. The smallest absolute Gasteiger partial charge is 0.350 e. The molecule has 1 aliphatic carbocycles. The van der Waals surface area contributed by atoms with Gasteiger partial charge in [-0.15, -0.1) is 0 Å². The Morgan fingerprint density at radius 2 is 2.06 bits per heavy atom. The van der Waals surface area contributed by atoms with Crippen LogP contribution in [0.1, 0.15) is 0 Å². The SMILES string of the molecule is COC1(O)C=CC2=CC(C#N)(C#N)C(=O)OC2=C1. The highest BCUT2D eigenvalue weighted by molar-refractivity contribution is 5.89. The Hall–Kier alpha value is -2.41. The molecule has 1 atom stereocenters. The summed E-state index contributed by atoms with van der Waals surface area (Å²) in [7, 11) is 1.29. The van der Waals surface area contributed by atoms with Gasteiger partial charge < -0.3 is 14.6 Å². The molecule has 6 nitrogen and oxygen atoms in total. The number of aliphatic hydroxyl groups is 1. The van der Waals surface area contributed by atoms with Gasteiger partial charge in [0.2, 0.25) is 5.79 Å². The Balaban J connectivity index is 2.53. The third-order valence-corrected chi connectivity index (χ3v) is 2.70. The van der Waals surface area contributed by atoms with Crippen molar-refractivity contribution in [2.75, 3.05) is 7.11 Å². The molecule has 1 aliphatic heterocycles. The van der Waals surface area contributed by atoms with Crippen LogP contribution in [-0.4, -0.2) is 24.0 Å². The Kier molecular flexibility index (Phi) is 2.55. The number of methoxy groups -OCH3 is 1. The van der Waals surface area contributed by atoms with Crippen molar-refractivity contribution in [1.82, 2.24) is 0 Å². The van der Waals surface area contributed by atoms with Gasteiger partial charge in [0.05, 0.1) is 0 Å². The number of carbonyl (C=O) groups excluding carboxylic acids is 1. The maximum Gasteiger partial charge on any atom is 0.350 e. The first-order chi connectivity index (χ1) is 8.48. The normalized spacial score (nSPS) is 28.1. The van der Waals surface area contributed by atoms with Gasteiger partial charge in [-0.05, 0) is 18.2 Å². The first kappa shape index (κ1) is 12.1. The van der Waals surface area contributed by atoms with Gasteiger partial charge in [-0.1, -0.05) is 0 Å². The number of fused-ring (bicyclic) bond motifs is 1. The Morgan fingerprint density at radius 3 is 2.61 bits per heavy atom. The van der Waals surface area contributed by atoms with Crippen LogP contribution in [0.2, 0.25) is 0 Å². The molecule has 0 amide bonds. The number of nitrogens with zero attached hydrogens (tertiary/aromatic N) is 2. The molecule has 0 radical (unpaired) electrons. The molecule has 2 rings (SSSR count). The fraction of sp³-hybridized carbons (Fsp3) is 0.250. The van der Waals surface area contributed by atoms with E-state index in [-0.39, 0.29) is 5.76 Å². The lowest BCUT2D eigenvalue weighted by Crippen LogP contribution is -2.35. The highest BCUT2D eigenvalue weighted by atomic mass is 16.6. The summed E-state index contributed by atoms with van der Waals surface area (Å²) in [5, 5.41) is 27.6. The van der Waals surface area contributed by atoms with Crippen LogP contribution in [0.5, 0.6) is 0 Å². The molecular weight excluding hydrogens is 236 g/mol. The van der Waals surface area contributed by atoms with Crippen LogP contribution in [0.4, 0.5) is 0 Å². The van der Waals surface area contributed by atoms with Crippen LogP contribution in [0.15, 0.2) is 35.6 Å². The van der Waals surface area contributed by atoms with Crippen LogP contribution in [0, 0.1) is 28.1 Å². The number of carbonyl (C=O) groups is 1. The van der Waals surface area contributed by atoms with E-state index in [1.165, 1.54) is 31.4 Å². The average Bonchev–Trinajstić information content (AvgIpc) is 2.38. The lowest BCUT2D eigenvalue weighted by atomic mass is 9.85. The first-order valence-electron chi connectivity index (χ1n) is 4.96. The summed E-state index contributed by atoms with van der Waals surface area (Å²) in [6, 6.07) is 3.24. The number of nitriles is 2. The minimum absolute atomic E-state index is 0.0629. The summed E-state index contributed by atoms with van der Waals surface area (Å²) in [5.74, 6) is -2.59. The molecule has 0 aromatic heterocycles. The van der Waals surface area contributed by atoms with E-state index in [0.29, 0.717) is 5.57 Å². The number of allylic oxidation sites excluding steroid dienone is 1. The van der Waals surface area contributed by atoms with E-state index in [9.17, 15) is 9.90 Å². The van der Waals surface area contributed by atoms with E-state index in [0.717, 1.165) is 0 Å². The van der Waals surface area contributed by atoms with Crippen LogP contribution >= 0.6 is 0 Å². The molecule has 1 unspecified atom stereocenters. The lowest BCUT2D eigenvalue weighted by molar-refractivity contribution is -0.145. The molecule has 0 fully saturated rings. The molecule has 0 saturated carbocycles. The summed E-state index contributed by atoms with van der Waals surface area (Å²) in [6.45, 7) is 0. The van der Waals surface area contributed by atoms with Gasteiger partial charge in [0, 0.05) is 18.8 Å². The zero-order chi connectivity index (χ0) is 13.4. The van der Waals surface area contributed by atoms with Crippen molar-refractivity contribution < 1.29 is 19.4 Å². The molecule has 18 heavy (non-hydrogen) atoms. The van der Waals surface area contributed by atoms with Crippen molar-refractivity contribution in [3.63, 3.8) is 0 Å². The van der Waals surface area contributed by atoms with Crippen molar-refractivity contribution in [2.45, 2.75) is 5.79 Å². The second-order valence-corrected chi connectivity index (χ2v) is 3.82. The van der Waals surface area contributed by atoms with E-state index in [1.54, 1.807) is 12.1 Å². The van der Waals surface area contributed by atoms with Gasteiger partial charge in [0.1, 0.15) is 17.9 Å². The second-order valence-electron chi connectivity index (χ2n) is 3.82. The molecule has 90 valence electrons. The monoisotopic (exact) mass is 244 g/mol. The molecule has 2 aliphatic rings. The van der Waals surface area contributed by atoms with Gasteiger partial charge in [-0.25, -0.2) is 4.79 Å². The maximum absolute atomic E-state index is 11.6. The number of esters is 1. The Morgan fingerprint density at radius 1 is 1.39 bits per heavy atom. The highest BCUT2D eigenvalue weighted by Crippen LogP contribution is 2.36. The van der Waals surface area contributed by atoms with E-state index in [1.807, 2.05) is 0 Å². The molecule has 0 aromatic carbocycles. The lowest BCUT2D eigenvalue weighted by Gasteiger charge is -2.28. The van der Waals surface area contributed by atoms with Crippen LogP contribution < -0.4 is 0 Å². The minimum Gasteiger partial charge on any atom is -0.424 e. The third kappa shape index (κ3) is 1.61. The predicted octanol–water partition coefficient (Wildman–Crippen LogP) is 0.292. The highest BCUT2D eigenvalue weighted by Gasteiger charge is 2.45. The van der Waals surface area contributed by atoms with Crippen molar-refractivity contribution >= 4 is 5.97 Å². The van der Waals surface area contributed by atoms with Gasteiger partial charge in [-0.3, -0.25) is 0 Å². The molecule has 6 heteroatoms. The van der Waals surface area contributed by atoms with Crippen LogP contribution in [0.3, 0.4) is 0 Å². The van der Waals surface area contributed by atoms with Crippen LogP contribution in [0.25, 0.3) is 0 Å². The topological polar surface area (TPSA) is 103 Å².